The van der Waals surface area contributed by atoms with Crippen molar-refractivity contribution in [1.29, 1.82) is 0 Å². The first kappa shape index (κ1) is 11.5. The van der Waals surface area contributed by atoms with E-state index < -0.39 is 0 Å². The number of rotatable bonds is 2. The number of hydrogen-bond donors (Lipinski definition) is 1. The number of benzene rings is 1. The third-order valence-corrected chi connectivity index (χ3v) is 3.87. The zero-order valence-corrected chi connectivity index (χ0v) is 10.6. The van der Waals surface area contributed by atoms with Gasteiger partial charge in [-0.2, -0.15) is 0 Å². The Labute approximate surface area is 107 Å². The minimum Gasteiger partial charge on any atom is -0.353 e. The molecule has 0 unspecified atom stereocenters. The van der Waals surface area contributed by atoms with Gasteiger partial charge in [0.05, 0.1) is 6.54 Å². The molecule has 2 aliphatic rings. The SMILES string of the molecule is CN1CCN=C1NC1CC(c2ccccc2F)C1. The molecule has 3 rings (SSSR count). The number of nitrogens with zero attached hydrogens (tertiary/aromatic N) is 2. The van der Waals surface area contributed by atoms with Crippen LogP contribution < -0.4 is 5.32 Å². The van der Waals surface area contributed by atoms with Crippen LogP contribution in [0.25, 0.3) is 0 Å². The summed E-state index contributed by atoms with van der Waals surface area (Å²) in [6.07, 6.45) is 1.99. The number of likely N-dealkylation sites (N-methyl/N-ethyl adjacent to an activating group) is 1. The van der Waals surface area contributed by atoms with Gasteiger partial charge >= 0.3 is 0 Å². The number of guanidine groups is 1. The van der Waals surface area contributed by atoms with Crippen LogP contribution in [0.3, 0.4) is 0 Å². The summed E-state index contributed by atoms with van der Waals surface area (Å²) in [7, 11) is 2.05. The molecule has 3 nitrogen and oxygen atoms in total. The minimum atomic E-state index is -0.0729. The molecular weight excluding hydrogens is 229 g/mol. The monoisotopic (exact) mass is 247 g/mol. The average Bonchev–Trinajstić information content (AvgIpc) is 2.70. The van der Waals surface area contributed by atoms with Crippen molar-refractivity contribution in [3.63, 3.8) is 0 Å². The molecule has 0 aromatic heterocycles. The van der Waals surface area contributed by atoms with Gasteiger partial charge in [-0.1, -0.05) is 18.2 Å². The molecule has 18 heavy (non-hydrogen) atoms. The van der Waals surface area contributed by atoms with Crippen molar-refractivity contribution >= 4 is 5.96 Å². The summed E-state index contributed by atoms with van der Waals surface area (Å²) in [5.41, 5.74) is 0.859. The standard InChI is InChI=1S/C14H18FN3/c1-18-7-6-16-14(18)17-11-8-10(9-11)12-4-2-3-5-13(12)15/h2-5,10-11H,6-9H2,1H3,(H,16,17). The van der Waals surface area contributed by atoms with E-state index >= 15 is 0 Å². The Morgan fingerprint density at radius 1 is 1.33 bits per heavy atom. The van der Waals surface area contributed by atoms with Gasteiger partial charge in [0.2, 0.25) is 0 Å². The molecule has 0 saturated heterocycles. The molecule has 1 aliphatic heterocycles. The van der Waals surface area contributed by atoms with Crippen molar-refractivity contribution in [2.75, 3.05) is 20.1 Å². The minimum absolute atomic E-state index is 0.0729. The van der Waals surface area contributed by atoms with E-state index in [1.165, 1.54) is 0 Å². The highest BCUT2D eigenvalue weighted by Gasteiger charge is 2.33. The normalized spacial score (nSPS) is 26.8. The topological polar surface area (TPSA) is 27.6 Å². The fourth-order valence-electron chi connectivity index (χ4n) is 2.67. The van der Waals surface area contributed by atoms with E-state index in [0.717, 1.165) is 37.5 Å². The van der Waals surface area contributed by atoms with Gasteiger partial charge in [0.15, 0.2) is 5.96 Å². The second-order valence-electron chi connectivity index (χ2n) is 5.16. The molecule has 1 heterocycles. The maximum absolute atomic E-state index is 13.6. The summed E-state index contributed by atoms with van der Waals surface area (Å²) in [5.74, 6) is 1.28. The van der Waals surface area contributed by atoms with Gasteiger partial charge in [-0.25, -0.2) is 4.39 Å². The van der Waals surface area contributed by atoms with Crippen molar-refractivity contribution in [3.8, 4) is 0 Å². The number of hydrogen-bond acceptors (Lipinski definition) is 3. The van der Waals surface area contributed by atoms with Crippen LogP contribution in [-0.2, 0) is 0 Å². The molecule has 0 radical (unpaired) electrons. The highest BCUT2D eigenvalue weighted by molar-refractivity contribution is 5.81. The first-order chi connectivity index (χ1) is 8.74. The summed E-state index contributed by atoms with van der Waals surface area (Å²) < 4.78 is 13.6. The van der Waals surface area contributed by atoms with Gasteiger partial charge in [0.1, 0.15) is 5.82 Å². The lowest BCUT2D eigenvalue weighted by Crippen LogP contribution is -2.47. The summed E-state index contributed by atoms with van der Waals surface area (Å²) in [5, 5.41) is 3.44. The summed E-state index contributed by atoms with van der Waals surface area (Å²) in [4.78, 5) is 6.55. The average molecular weight is 247 g/mol. The lowest BCUT2D eigenvalue weighted by atomic mass is 9.75. The van der Waals surface area contributed by atoms with Gasteiger partial charge in [0.25, 0.3) is 0 Å². The second-order valence-corrected chi connectivity index (χ2v) is 5.16. The molecule has 96 valence electrons. The molecule has 0 spiro atoms. The fraction of sp³-hybridized carbons (Fsp3) is 0.500. The fourth-order valence-corrected chi connectivity index (χ4v) is 2.67. The maximum atomic E-state index is 13.6. The van der Waals surface area contributed by atoms with Crippen molar-refractivity contribution in [2.24, 2.45) is 4.99 Å². The third kappa shape index (κ3) is 2.07. The van der Waals surface area contributed by atoms with E-state index in [2.05, 4.69) is 15.2 Å². The van der Waals surface area contributed by atoms with Gasteiger partial charge in [-0.15, -0.1) is 0 Å². The Hall–Kier alpha value is -1.58. The Bertz CT molecular complexity index is 466. The molecule has 1 N–H and O–H groups in total. The van der Waals surface area contributed by atoms with E-state index in [4.69, 9.17) is 0 Å². The van der Waals surface area contributed by atoms with Crippen LogP contribution in [0.4, 0.5) is 4.39 Å². The number of halogens is 1. The number of aliphatic imine (C=N–C) groups is 1. The molecule has 1 saturated carbocycles. The zero-order chi connectivity index (χ0) is 12.5. The van der Waals surface area contributed by atoms with Gasteiger partial charge in [-0.05, 0) is 30.4 Å². The molecule has 1 fully saturated rings. The lowest BCUT2D eigenvalue weighted by molar-refractivity contribution is 0.309. The van der Waals surface area contributed by atoms with E-state index in [-0.39, 0.29) is 5.82 Å². The van der Waals surface area contributed by atoms with Crippen molar-refractivity contribution in [1.82, 2.24) is 10.2 Å². The first-order valence-corrected chi connectivity index (χ1v) is 6.50. The van der Waals surface area contributed by atoms with Gasteiger partial charge < -0.3 is 10.2 Å². The summed E-state index contributed by atoms with van der Waals surface area (Å²) in [6.45, 7) is 1.87. The lowest BCUT2D eigenvalue weighted by Gasteiger charge is -2.37. The van der Waals surface area contributed by atoms with Gasteiger partial charge in [0, 0.05) is 19.6 Å². The quantitative estimate of drug-likeness (QED) is 0.865. The van der Waals surface area contributed by atoms with Crippen LogP contribution >= 0.6 is 0 Å². The maximum Gasteiger partial charge on any atom is 0.194 e. The molecule has 0 bridgehead atoms. The van der Waals surface area contributed by atoms with Crippen LogP contribution in [0.15, 0.2) is 29.3 Å². The second kappa shape index (κ2) is 4.59. The summed E-state index contributed by atoms with van der Waals surface area (Å²) in [6, 6.07) is 7.54. The van der Waals surface area contributed by atoms with Crippen LogP contribution in [-0.4, -0.2) is 37.0 Å². The van der Waals surface area contributed by atoms with Crippen LogP contribution in [0.2, 0.25) is 0 Å². The van der Waals surface area contributed by atoms with Crippen molar-refractivity contribution in [2.45, 2.75) is 24.8 Å². The molecule has 1 aromatic carbocycles. The molecule has 1 aromatic rings. The van der Waals surface area contributed by atoms with E-state index in [9.17, 15) is 4.39 Å². The predicted octanol–water partition coefficient (Wildman–Crippen LogP) is 1.96. The predicted molar refractivity (Wildman–Crippen MR) is 70.2 cm³/mol. The Kier molecular flexibility index (Phi) is 2.94. The van der Waals surface area contributed by atoms with E-state index in [1.54, 1.807) is 12.1 Å². The first-order valence-electron chi connectivity index (χ1n) is 6.50. The van der Waals surface area contributed by atoms with E-state index in [1.807, 2.05) is 19.2 Å². The molecule has 0 atom stereocenters. The highest BCUT2D eigenvalue weighted by atomic mass is 19.1. The molecule has 4 heteroatoms. The van der Waals surface area contributed by atoms with Gasteiger partial charge in [-0.3, -0.25) is 4.99 Å². The summed E-state index contributed by atoms with van der Waals surface area (Å²) >= 11 is 0. The van der Waals surface area contributed by atoms with Crippen molar-refractivity contribution < 1.29 is 4.39 Å². The van der Waals surface area contributed by atoms with E-state index in [0.29, 0.717) is 12.0 Å². The Balaban J connectivity index is 1.56. The largest absolute Gasteiger partial charge is 0.353 e. The molecule has 1 aliphatic carbocycles. The number of nitrogens with one attached hydrogen (secondary N) is 1. The highest BCUT2D eigenvalue weighted by Crippen LogP contribution is 2.38. The Morgan fingerprint density at radius 3 is 2.78 bits per heavy atom. The smallest absolute Gasteiger partial charge is 0.194 e. The third-order valence-electron chi connectivity index (χ3n) is 3.87. The molecular formula is C14H18FN3. The Morgan fingerprint density at radius 2 is 2.11 bits per heavy atom. The zero-order valence-electron chi connectivity index (χ0n) is 10.6. The molecule has 0 amide bonds. The van der Waals surface area contributed by atoms with Crippen LogP contribution in [0.1, 0.15) is 24.3 Å². The van der Waals surface area contributed by atoms with Crippen LogP contribution in [0.5, 0.6) is 0 Å². The van der Waals surface area contributed by atoms with Crippen molar-refractivity contribution in [3.05, 3.63) is 35.6 Å². The van der Waals surface area contributed by atoms with Crippen LogP contribution in [0, 0.1) is 5.82 Å².